The third-order valence-corrected chi connectivity index (χ3v) is 2.45. The van der Waals surface area contributed by atoms with Crippen molar-refractivity contribution in [3.63, 3.8) is 0 Å². The van der Waals surface area contributed by atoms with E-state index in [0.29, 0.717) is 6.54 Å². The minimum absolute atomic E-state index is 0.210. The van der Waals surface area contributed by atoms with Crippen molar-refractivity contribution in [2.24, 2.45) is 10.9 Å². The van der Waals surface area contributed by atoms with Gasteiger partial charge in [-0.15, -0.1) is 0 Å². The van der Waals surface area contributed by atoms with Crippen molar-refractivity contribution in [1.82, 2.24) is 0 Å². The zero-order valence-corrected chi connectivity index (χ0v) is 11.7. The van der Waals surface area contributed by atoms with Gasteiger partial charge >= 0.3 is 11.9 Å². The van der Waals surface area contributed by atoms with E-state index in [4.69, 9.17) is 9.47 Å². The molecule has 1 aromatic rings. The number of ether oxygens (including phenoxy) is 2. The first-order valence-corrected chi connectivity index (χ1v) is 6.56. The van der Waals surface area contributed by atoms with Gasteiger partial charge in [-0.2, -0.15) is 0 Å². The molecule has 0 saturated carbocycles. The molecule has 0 amide bonds. The normalized spacial score (nSPS) is 10.8. The Hall–Kier alpha value is -2.17. The van der Waals surface area contributed by atoms with Crippen molar-refractivity contribution < 1.29 is 19.1 Å². The summed E-state index contributed by atoms with van der Waals surface area (Å²) in [4.78, 5) is 27.5. The Morgan fingerprint density at radius 3 is 2.15 bits per heavy atom. The maximum Gasteiger partial charge on any atom is 0.325 e. The molecule has 0 saturated heterocycles. The Kier molecular flexibility index (Phi) is 7.03. The van der Waals surface area contributed by atoms with Crippen LogP contribution in [0.2, 0.25) is 0 Å². The summed E-state index contributed by atoms with van der Waals surface area (Å²) in [5.74, 6) is -2.37. The van der Waals surface area contributed by atoms with E-state index in [1.807, 2.05) is 30.3 Å². The number of aliphatic imine (C=N–C) groups is 1. The molecule has 0 aliphatic carbocycles. The highest BCUT2D eigenvalue weighted by atomic mass is 16.6. The van der Waals surface area contributed by atoms with Crippen molar-refractivity contribution in [1.29, 1.82) is 0 Å². The van der Waals surface area contributed by atoms with E-state index in [9.17, 15) is 9.59 Å². The maximum absolute atomic E-state index is 11.7. The number of nitrogens with zero attached hydrogens (tertiary/aromatic N) is 1. The lowest BCUT2D eigenvalue weighted by molar-refractivity contribution is -0.157. The SMILES string of the molecule is CCOC(=O)C(C=NCc1ccccc1)C(=O)OCC. The summed E-state index contributed by atoms with van der Waals surface area (Å²) >= 11 is 0. The molecular formula is C15H19NO4. The molecule has 0 aliphatic rings. The van der Waals surface area contributed by atoms with Crippen LogP contribution < -0.4 is 0 Å². The van der Waals surface area contributed by atoms with Crippen LogP contribution in [0.4, 0.5) is 0 Å². The second-order valence-electron chi connectivity index (χ2n) is 3.96. The minimum Gasteiger partial charge on any atom is -0.465 e. The highest BCUT2D eigenvalue weighted by Gasteiger charge is 2.27. The number of hydrogen-bond donors (Lipinski definition) is 0. The van der Waals surface area contributed by atoms with Crippen molar-refractivity contribution in [3.05, 3.63) is 35.9 Å². The van der Waals surface area contributed by atoms with Gasteiger partial charge in [0.05, 0.1) is 19.8 Å². The summed E-state index contributed by atoms with van der Waals surface area (Å²) in [6, 6.07) is 9.55. The third kappa shape index (κ3) is 5.22. The fraction of sp³-hybridized carbons (Fsp3) is 0.400. The summed E-state index contributed by atoms with van der Waals surface area (Å²) < 4.78 is 9.69. The number of benzene rings is 1. The maximum atomic E-state index is 11.7. The van der Waals surface area contributed by atoms with Crippen LogP contribution in [0, 0.1) is 5.92 Å². The van der Waals surface area contributed by atoms with E-state index in [-0.39, 0.29) is 13.2 Å². The average molecular weight is 277 g/mol. The Labute approximate surface area is 118 Å². The molecule has 1 rings (SSSR count). The highest BCUT2D eigenvalue weighted by Crippen LogP contribution is 2.04. The molecule has 0 aromatic heterocycles. The zero-order valence-electron chi connectivity index (χ0n) is 11.7. The molecule has 0 heterocycles. The Balaban J connectivity index is 2.68. The second-order valence-corrected chi connectivity index (χ2v) is 3.96. The van der Waals surface area contributed by atoms with Gasteiger partial charge in [0.15, 0.2) is 5.92 Å². The smallest absolute Gasteiger partial charge is 0.325 e. The van der Waals surface area contributed by atoms with Crippen LogP contribution in [-0.2, 0) is 25.6 Å². The molecule has 5 heteroatoms. The van der Waals surface area contributed by atoms with Crippen LogP contribution in [0.25, 0.3) is 0 Å². The van der Waals surface area contributed by atoms with Gasteiger partial charge in [-0.1, -0.05) is 30.3 Å². The fourth-order valence-corrected chi connectivity index (χ4v) is 1.53. The number of carbonyl (C=O) groups excluding carboxylic acids is 2. The number of esters is 2. The van der Waals surface area contributed by atoms with Gasteiger partial charge in [0.1, 0.15) is 0 Å². The summed E-state index contributed by atoms with van der Waals surface area (Å²) in [6.07, 6.45) is 1.29. The van der Waals surface area contributed by atoms with Crippen LogP contribution in [0.5, 0.6) is 0 Å². The molecule has 0 N–H and O–H groups in total. The van der Waals surface area contributed by atoms with E-state index >= 15 is 0 Å². The van der Waals surface area contributed by atoms with E-state index < -0.39 is 17.9 Å². The molecule has 0 aliphatic heterocycles. The predicted octanol–water partition coefficient (Wildman–Crippen LogP) is 2.00. The van der Waals surface area contributed by atoms with E-state index in [1.54, 1.807) is 13.8 Å². The Morgan fingerprint density at radius 1 is 1.10 bits per heavy atom. The molecular weight excluding hydrogens is 258 g/mol. The van der Waals surface area contributed by atoms with Gasteiger partial charge in [0.25, 0.3) is 0 Å². The van der Waals surface area contributed by atoms with Gasteiger partial charge < -0.3 is 9.47 Å². The van der Waals surface area contributed by atoms with Crippen LogP contribution >= 0.6 is 0 Å². The first kappa shape index (κ1) is 15.9. The minimum atomic E-state index is -1.10. The highest BCUT2D eigenvalue weighted by molar-refractivity contribution is 6.09. The Bertz CT molecular complexity index is 438. The molecule has 1 aromatic carbocycles. The molecule has 0 spiro atoms. The monoisotopic (exact) mass is 277 g/mol. The molecule has 20 heavy (non-hydrogen) atoms. The quantitative estimate of drug-likeness (QED) is 0.434. The molecule has 5 nitrogen and oxygen atoms in total. The first-order valence-electron chi connectivity index (χ1n) is 6.56. The predicted molar refractivity (Wildman–Crippen MR) is 75.4 cm³/mol. The molecule has 0 unspecified atom stereocenters. The summed E-state index contributed by atoms with van der Waals surface area (Å²) in [7, 11) is 0. The van der Waals surface area contributed by atoms with Crippen LogP contribution in [-0.4, -0.2) is 31.4 Å². The van der Waals surface area contributed by atoms with Gasteiger partial charge in [0, 0.05) is 6.21 Å². The van der Waals surface area contributed by atoms with Gasteiger partial charge in [-0.05, 0) is 19.4 Å². The van der Waals surface area contributed by atoms with Crippen molar-refractivity contribution in [3.8, 4) is 0 Å². The van der Waals surface area contributed by atoms with Crippen LogP contribution in [0.1, 0.15) is 19.4 Å². The lowest BCUT2D eigenvalue weighted by Gasteiger charge is -2.09. The van der Waals surface area contributed by atoms with Gasteiger partial charge in [-0.3, -0.25) is 14.6 Å². The largest absolute Gasteiger partial charge is 0.465 e. The van der Waals surface area contributed by atoms with Crippen molar-refractivity contribution in [2.45, 2.75) is 20.4 Å². The second kappa shape index (κ2) is 8.85. The third-order valence-electron chi connectivity index (χ3n) is 2.45. The molecule has 0 atom stereocenters. The van der Waals surface area contributed by atoms with E-state index in [0.717, 1.165) is 5.56 Å². The molecule has 0 fully saturated rings. The van der Waals surface area contributed by atoms with Crippen molar-refractivity contribution in [2.75, 3.05) is 13.2 Å². The number of hydrogen-bond acceptors (Lipinski definition) is 5. The van der Waals surface area contributed by atoms with Gasteiger partial charge in [0.2, 0.25) is 0 Å². The zero-order chi connectivity index (χ0) is 14.8. The van der Waals surface area contributed by atoms with E-state index in [1.165, 1.54) is 6.21 Å². The van der Waals surface area contributed by atoms with Gasteiger partial charge in [-0.25, -0.2) is 0 Å². The van der Waals surface area contributed by atoms with E-state index in [2.05, 4.69) is 4.99 Å². The van der Waals surface area contributed by atoms with Crippen LogP contribution in [0.15, 0.2) is 35.3 Å². The van der Waals surface area contributed by atoms with Crippen LogP contribution in [0.3, 0.4) is 0 Å². The standard InChI is InChI=1S/C15H19NO4/c1-3-19-14(17)13(15(18)20-4-2)11-16-10-12-8-6-5-7-9-12/h5-9,11,13H,3-4,10H2,1-2H3. The lowest BCUT2D eigenvalue weighted by atomic mass is 10.1. The first-order chi connectivity index (χ1) is 9.69. The summed E-state index contributed by atoms with van der Waals surface area (Å²) in [5, 5.41) is 0. The molecule has 108 valence electrons. The number of carbonyl (C=O) groups is 2. The fourth-order valence-electron chi connectivity index (χ4n) is 1.53. The summed E-state index contributed by atoms with van der Waals surface area (Å²) in [6.45, 7) is 4.18. The Morgan fingerprint density at radius 2 is 1.65 bits per heavy atom. The topological polar surface area (TPSA) is 65.0 Å². The molecule has 0 bridgehead atoms. The lowest BCUT2D eigenvalue weighted by Crippen LogP contribution is -2.29. The number of rotatable bonds is 7. The van der Waals surface area contributed by atoms with Crippen molar-refractivity contribution >= 4 is 18.2 Å². The average Bonchev–Trinajstić information content (AvgIpc) is 2.45. The summed E-state index contributed by atoms with van der Waals surface area (Å²) in [5.41, 5.74) is 0.996. The molecule has 0 radical (unpaired) electrons.